The van der Waals surface area contributed by atoms with Crippen LogP contribution in [0.2, 0.25) is 0 Å². The number of carbonyl (C=O) groups excluding carboxylic acids is 1. The molecule has 0 aliphatic carbocycles. The topological polar surface area (TPSA) is 69.7 Å². The van der Waals surface area contributed by atoms with Gasteiger partial charge in [-0.1, -0.05) is 24.3 Å². The second kappa shape index (κ2) is 9.71. The highest BCUT2D eigenvalue weighted by molar-refractivity contribution is 7.92. The van der Waals surface area contributed by atoms with Gasteiger partial charge in [0.25, 0.3) is 5.91 Å². The molecule has 0 bridgehead atoms. The SMILES string of the molecule is Cc1cccc(N(Cc2ccc(C(=O)NCCCN(C)C)cc2)S(C)(=O)=O)c1. The van der Waals surface area contributed by atoms with Crippen molar-refractivity contribution in [3.05, 3.63) is 65.2 Å². The molecule has 0 atom stereocenters. The van der Waals surface area contributed by atoms with Gasteiger partial charge in [0.2, 0.25) is 10.0 Å². The third kappa shape index (κ3) is 6.65. The van der Waals surface area contributed by atoms with Gasteiger partial charge in [0.05, 0.1) is 18.5 Å². The molecule has 6 nitrogen and oxygen atoms in total. The lowest BCUT2D eigenvalue weighted by atomic mass is 10.1. The molecule has 28 heavy (non-hydrogen) atoms. The van der Waals surface area contributed by atoms with Crippen molar-refractivity contribution in [1.29, 1.82) is 0 Å². The molecular formula is C21H29N3O3S. The smallest absolute Gasteiger partial charge is 0.251 e. The highest BCUT2D eigenvalue weighted by Crippen LogP contribution is 2.21. The van der Waals surface area contributed by atoms with E-state index in [0.29, 0.717) is 17.8 Å². The first kappa shape index (κ1) is 21.9. The Kier molecular flexibility index (Phi) is 7.60. The number of rotatable bonds is 9. The molecule has 152 valence electrons. The van der Waals surface area contributed by atoms with Gasteiger partial charge in [-0.3, -0.25) is 9.10 Å². The van der Waals surface area contributed by atoms with Crippen molar-refractivity contribution in [2.75, 3.05) is 37.7 Å². The van der Waals surface area contributed by atoms with Gasteiger partial charge < -0.3 is 10.2 Å². The predicted octanol–water partition coefficient (Wildman–Crippen LogP) is 2.64. The van der Waals surface area contributed by atoms with E-state index in [1.165, 1.54) is 10.6 Å². The standard InChI is InChI=1S/C21H29N3O3S/c1-17-7-5-8-20(15-17)24(28(4,26)27)16-18-9-11-19(12-10-18)21(25)22-13-6-14-23(2)3/h5,7-12,15H,6,13-14,16H2,1-4H3,(H,22,25). The number of anilines is 1. The molecule has 0 aliphatic heterocycles. The van der Waals surface area contributed by atoms with Gasteiger partial charge in [-0.2, -0.15) is 0 Å². The summed E-state index contributed by atoms with van der Waals surface area (Å²) in [6, 6.07) is 14.4. The minimum atomic E-state index is -3.43. The first-order valence-electron chi connectivity index (χ1n) is 9.23. The first-order valence-corrected chi connectivity index (χ1v) is 11.1. The number of hydrogen-bond acceptors (Lipinski definition) is 4. The largest absolute Gasteiger partial charge is 0.352 e. The fraction of sp³-hybridized carbons (Fsp3) is 0.381. The third-order valence-electron chi connectivity index (χ3n) is 4.30. The summed E-state index contributed by atoms with van der Waals surface area (Å²) in [6.07, 6.45) is 2.08. The van der Waals surface area contributed by atoms with Crippen molar-refractivity contribution < 1.29 is 13.2 Å². The summed E-state index contributed by atoms with van der Waals surface area (Å²) < 4.78 is 25.9. The number of carbonyl (C=O) groups is 1. The number of benzene rings is 2. The van der Waals surface area contributed by atoms with E-state index in [1.54, 1.807) is 30.3 Å². The van der Waals surface area contributed by atoms with E-state index in [1.807, 2.05) is 39.2 Å². The summed E-state index contributed by atoms with van der Waals surface area (Å²) in [5.41, 5.74) is 3.00. The summed E-state index contributed by atoms with van der Waals surface area (Å²) in [5.74, 6) is -0.121. The summed E-state index contributed by atoms with van der Waals surface area (Å²) in [6.45, 7) is 3.68. The molecule has 0 aromatic heterocycles. The van der Waals surface area contributed by atoms with E-state index in [2.05, 4.69) is 10.2 Å². The van der Waals surface area contributed by atoms with Crippen molar-refractivity contribution in [3.63, 3.8) is 0 Å². The van der Waals surface area contributed by atoms with Gasteiger partial charge in [0.15, 0.2) is 0 Å². The lowest BCUT2D eigenvalue weighted by Gasteiger charge is -2.23. The van der Waals surface area contributed by atoms with Crippen LogP contribution < -0.4 is 9.62 Å². The molecule has 0 saturated heterocycles. The number of amides is 1. The quantitative estimate of drug-likeness (QED) is 0.654. The first-order chi connectivity index (χ1) is 13.2. The number of nitrogens with one attached hydrogen (secondary N) is 1. The second-order valence-electron chi connectivity index (χ2n) is 7.22. The molecular weight excluding hydrogens is 374 g/mol. The van der Waals surface area contributed by atoms with Gasteiger partial charge in [0.1, 0.15) is 0 Å². The van der Waals surface area contributed by atoms with Gasteiger partial charge >= 0.3 is 0 Å². The lowest BCUT2D eigenvalue weighted by Crippen LogP contribution is -2.29. The van der Waals surface area contributed by atoms with Crippen molar-refractivity contribution >= 4 is 21.6 Å². The molecule has 0 heterocycles. The molecule has 1 N–H and O–H groups in total. The maximum absolute atomic E-state index is 12.3. The molecule has 0 saturated carbocycles. The van der Waals surface area contributed by atoms with Crippen LogP contribution in [0.15, 0.2) is 48.5 Å². The Labute approximate surface area is 168 Å². The monoisotopic (exact) mass is 403 g/mol. The molecule has 2 aromatic carbocycles. The second-order valence-corrected chi connectivity index (χ2v) is 9.13. The van der Waals surface area contributed by atoms with E-state index in [4.69, 9.17) is 0 Å². The van der Waals surface area contributed by atoms with Gasteiger partial charge in [-0.05, 0) is 69.4 Å². The van der Waals surface area contributed by atoms with Crippen molar-refractivity contribution in [2.45, 2.75) is 19.9 Å². The van der Waals surface area contributed by atoms with Gasteiger partial charge in [-0.15, -0.1) is 0 Å². The van der Waals surface area contributed by atoms with E-state index in [-0.39, 0.29) is 12.5 Å². The molecule has 7 heteroatoms. The summed E-state index contributed by atoms with van der Waals surface area (Å²) in [5, 5.41) is 2.90. The Balaban J connectivity index is 2.06. The fourth-order valence-corrected chi connectivity index (χ4v) is 3.69. The highest BCUT2D eigenvalue weighted by atomic mass is 32.2. The Bertz CT molecular complexity index is 893. The molecule has 0 fully saturated rings. The molecule has 0 spiro atoms. The van der Waals surface area contributed by atoms with Crippen LogP contribution >= 0.6 is 0 Å². The van der Waals surface area contributed by atoms with E-state index < -0.39 is 10.0 Å². The summed E-state index contributed by atoms with van der Waals surface area (Å²) in [7, 11) is 0.563. The zero-order chi connectivity index (χ0) is 20.7. The predicted molar refractivity (Wildman–Crippen MR) is 114 cm³/mol. The van der Waals surface area contributed by atoms with Crippen LogP contribution in [0.5, 0.6) is 0 Å². The van der Waals surface area contributed by atoms with Gasteiger partial charge in [0, 0.05) is 12.1 Å². The molecule has 0 radical (unpaired) electrons. The van der Waals surface area contributed by atoms with Crippen LogP contribution in [-0.4, -0.2) is 52.7 Å². The van der Waals surface area contributed by atoms with Crippen LogP contribution in [0.3, 0.4) is 0 Å². The fourth-order valence-electron chi connectivity index (χ4n) is 2.81. The number of aryl methyl sites for hydroxylation is 1. The van der Waals surface area contributed by atoms with Crippen LogP contribution in [-0.2, 0) is 16.6 Å². The molecule has 2 rings (SSSR count). The average Bonchev–Trinajstić information content (AvgIpc) is 2.62. The summed E-state index contributed by atoms with van der Waals surface area (Å²) >= 11 is 0. The Morgan fingerprint density at radius 3 is 2.32 bits per heavy atom. The number of nitrogens with zero attached hydrogens (tertiary/aromatic N) is 2. The van der Waals surface area contributed by atoms with Crippen LogP contribution in [0.4, 0.5) is 5.69 Å². The van der Waals surface area contributed by atoms with Crippen LogP contribution in [0.25, 0.3) is 0 Å². The molecule has 1 amide bonds. The van der Waals surface area contributed by atoms with Gasteiger partial charge in [-0.25, -0.2) is 8.42 Å². The maximum Gasteiger partial charge on any atom is 0.251 e. The molecule has 0 aliphatic rings. The number of hydrogen-bond donors (Lipinski definition) is 1. The minimum Gasteiger partial charge on any atom is -0.352 e. The van der Waals surface area contributed by atoms with Crippen LogP contribution in [0.1, 0.15) is 27.9 Å². The highest BCUT2D eigenvalue weighted by Gasteiger charge is 2.18. The van der Waals surface area contributed by atoms with Crippen LogP contribution in [0, 0.1) is 6.92 Å². The van der Waals surface area contributed by atoms with E-state index in [9.17, 15) is 13.2 Å². The summed E-state index contributed by atoms with van der Waals surface area (Å²) in [4.78, 5) is 14.3. The Morgan fingerprint density at radius 2 is 1.75 bits per heavy atom. The van der Waals surface area contributed by atoms with E-state index in [0.717, 1.165) is 24.1 Å². The zero-order valence-corrected chi connectivity index (χ0v) is 17.8. The minimum absolute atomic E-state index is 0.121. The normalized spacial score (nSPS) is 11.5. The number of sulfonamides is 1. The maximum atomic E-state index is 12.3. The van der Waals surface area contributed by atoms with Crippen molar-refractivity contribution in [3.8, 4) is 0 Å². The third-order valence-corrected chi connectivity index (χ3v) is 5.44. The Hall–Kier alpha value is -2.38. The Morgan fingerprint density at radius 1 is 1.07 bits per heavy atom. The zero-order valence-electron chi connectivity index (χ0n) is 17.0. The molecule has 0 unspecified atom stereocenters. The van der Waals surface area contributed by atoms with Crippen molar-refractivity contribution in [1.82, 2.24) is 10.2 Å². The molecule has 2 aromatic rings. The van der Waals surface area contributed by atoms with Crippen molar-refractivity contribution in [2.24, 2.45) is 0 Å². The lowest BCUT2D eigenvalue weighted by molar-refractivity contribution is 0.0952. The van der Waals surface area contributed by atoms with E-state index >= 15 is 0 Å². The average molecular weight is 404 g/mol.